The molecule has 4 aromatic rings. The Bertz CT molecular complexity index is 1620. The SMILES string of the molecule is C[C@H]1CN(C(=O)c2ccccc2)CCN1c1ccc(NC(=O)Cn2cnc3c2c(=O)n(C)c(=O)n3C)nc1. The lowest BCUT2D eigenvalue weighted by Crippen LogP contribution is -2.53. The topological polar surface area (TPSA) is 127 Å². The molecule has 0 aliphatic carbocycles. The standard InChI is InChI=1S/C26H28N8O4/c1-17-14-32(24(36)18-7-5-4-6-8-18)11-12-34(17)19-9-10-20(27-13-19)29-21(35)15-33-16-28-23-22(33)25(37)31(3)26(38)30(23)2/h4-10,13,16-17H,11-12,14-15H2,1-3H3,(H,27,29,35)/t17-/m0/s1. The van der Waals surface area contributed by atoms with Crippen molar-refractivity contribution in [1.82, 2.24) is 28.6 Å². The highest BCUT2D eigenvalue weighted by atomic mass is 16.2. The average molecular weight is 517 g/mol. The largest absolute Gasteiger partial charge is 0.364 e. The first kappa shape index (κ1) is 24.9. The Morgan fingerprint density at radius 2 is 1.76 bits per heavy atom. The third-order valence-corrected chi connectivity index (χ3v) is 6.81. The van der Waals surface area contributed by atoms with Crippen LogP contribution in [0.1, 0.15) is 17.3 Å². The fraction of sp³-hybridized carbons (Fsp3) is 0.308. The van der Waals surface area contributed by atoms with Crippen LogP contribution in [0.5, 0.6) is 0 Å². The molecule has 0 radical (unpaired) electrons. The Balaban J connectivity index is 1.23. The van der Waals surface area contributed by atoms with Gasteiger partial charge in [0.1, 0.15) is 12.4 Å². The predicted octanol–water partition coefficient (Wildman–Crippen LogP) is 0.818. The number of imidazole rings is 1. The Labute approximate surface area is 217 Å². The van der Waals surface area contributed by atoms with Crippen LogP contribution in [0.4, 0.5) is 11.5 Å². The quantitative estimate of drug-likeness (QED) is 0.416. The number of hydrogen-bond acceptors (Lipinski definition) is 7. The van der Waals surface area contributed by atoms with Crippen LogP contribution in [0, 0.1) is 0 Å². The van der Waals surface area contributed by atoms with Crippen LogP contribution in [-0.4, -0.2) is 66.1 Å². The van der Waals surface area contributed by atoms with Crippen LogP contribution in [0.2, 0.25) is 0 Å². The highest BCUT2D eigenvalue weighted by Gasteiger charge is 2.27. The van der Waals surface area contributed by atoms with E-state index in [4.69, 9.17) is 0 Å². The molecule has 1 aliphatic rings. The molecule has 12 nitrogen and oxygen atoms in total. The van der Waals surface area contributed by atoms with Crippen LogP contribution >= 0.6 is 0 Å². The van der Waals surface area contributed by atoms with E-state index in [9.17, 15) is 19.2 Å². The van der Waals surface area contributed by atoms with Crippen LogP contribution in [0.3, 0.4) is 0 Å². The molecule has 0 unspecified atom stereocenters. The maximum atomic E-state index is 12.8. The first-order valence-electron chi connectivity index (χ1n) is 12.2. The van der Waals surface area contributed by atoms with Crippen molar-refractivity contribution in [2.24, 2.45) is 14.1 Å². The Hall–Kier alpha value is -4.74. The summed E-state index contributed by atoms with van der Waals surface area (Å²) in [5, 5.41) is 2.74. The third kappa shape index (κ3) is 4.56. The molecule has 0 saturated carbocycles. The lowest BCUT2D eigenvalue weighted by Gasteiger charge is -2.41. The minimum Gasteiger partial charge on any atom is -0.364 e. The molecule has 196 valence electrons. The van der Waals surface area contributed by atoms with Gasteiger partial charge in [0.25, 0.3) is 11.5 Å². The van der Waals surface area contributed by atoms with Crippen LogP contribution in [-0.2, 0) is 25.4 Å². The highest BCUT2D eigenvalue weighted by Crippen LogP contribution is 2.22. The van der Waals surface area contributed by atoms with E-state index in [1.807, 2.05) is 41.3 Å². The van der Waals surface area contributed by atoms with Crippen LogP contribution in [0.15, 0.2) is 64.6 Å². The van der Waals surface area contributed by atoms with Crippen molar-refractivity contribution in [2.75, 3.05) is 29.9 Å². The third-order valence-electron chi connectivity index (χ3n) is 6.81. The van der Waals surface area contributed by atoms with Crippen LogP contribution in [0.25, 0.3) is 11.2 Å². The average Bonchev–Trinajstić information content (AvgIpc) is 3.34. The zero-order valence-electron chi connectivity index (χ0n) is 21.4. The van der Waals surface area contributed by atoms with Crippen molar-refractivity contribution >= 4 is 34.5 Å². The summed E-state index contributed by atoms with van der Waals surface area (Å²) >= 11 is 0. The van der Waals surface area contributed by atoms with Gasteiger partial charge in [-0.15, -0.1) is 0 Å². The van der Waals surface area contributed by atoms with Gasteiger partial charge in [0, 0.05) is 45.3 Å². The number of amides is 2. The molecule has 1 aromatic carbocycles. The summed E-state index contributed by atoms with van der Waals surface area (Å²) in [6.07, 6.45) is 3.06. The van der Waals surface area contributed by atoms with Gasteiger partial charge in [0.2, 0.25) is 5.91 Å². The second-order valence-corrected chi connectivity index (χ2v) is 9.36. The van der Waals surface area contributed by atoms with E-state index in [1.165, 1.54) is 29.6 Å². The molecule has 3 aromatic heterocycles. The predicted molar refractivity (Wildman–Crippen MR) is 142 cm³/mol. The number of benzene rings is 1. The normalized spacial score (nSPS) is 15.6. The molecule has 1 atom stereocenters. The van der Waals surface area contributed by atoms with Gasteiger partial charge in [-0.25, -0.2) is 14.8 Å². The number of pyridine rings is 1. The summed E-state index contributed by atoms with van der Waals surface area (Å²) in [5.41, 5.74) is 0.964. The minimum atomic E-state index is -0.518. The van der Waals surface area contributed by atoms with E-state index in [2.05, 4.69) is 27.1 Å². The first-order chi connectivity index (χ1) is 18.2. The maximum absolute atomic E-state index is 12.8. The van der Waals surface area contributed by atoms with Gasteiger partial charge >= 0.3 is 5.69 Å². The molecule has 1 saturated heterocycles. The lowest BCUT2D eigenvalue weighted by molar-refractivity contribution is -0.116. The summed E-state index contributed by atoms with van der Waals surface area (Å²) in [5.74, 6) is 0.00918. The van der Waals surface area contributed by atoms with Gasteiger partial charge in [-0.05, 0) is 31.2 Å². The second-order valence-electron chi connectivity index (χ2n) is 9.36. The number of rotatable bonds is 5. The molecule has 38 heavy (non-hydrogen) atoms. The Morgan fingerprint density at radius 3 is 2.45 bits per heavy atom. The molecule has 5 rings (SSSR count). The van der Waals surface area contributed by atoms with Gasteiger partial charge in [0.15, 0.2) is 11.2 Å². The monoisotopic (exact) mass is 516 g/mol. The maximum Gasteiger partial charge on any atom is 0.332 e. The fourth-order valence-corrected chi connectivity index (χ4v) is 4.77. The molecule has 1 N–H and O–H groups in total. The van der Waals surface area contributed by atoms with Crippen molar-refractivity contribution in [3.05, 3.63) is 81.4 Å². The lowest BCUT2D eigenvalue weighted by atomic mass is 10.1. The number of aromatic nitrogens is 5. The van der Waals surface area contributed by atoms with Gasteiger partial charge in [-0.2, -0.15) is 0 Å². The smallest absolute Gasteiger partial charge is 0.332 e. The molecule has 1 aliphatic heterocycles. The highest BCUT2D eigenvalue weighted by molar-refractivity contribution is 5.94. The molecule has 12 heteroatoms. The van der Waals surface area contributed by atoms with Gasteiger partial charge in [-0.1, -0.05) is 18.2 Å². The van der Waals surface area contributed by atoms with E-state index >= 15 is 0 Å². The number of carbonyl (C=O) groups is 2. The van der Waals surface area contributed by atoms with Gasteiger partial charge < -0.3 is 19.7 Å². The number of nitrogens with one attached hydrogen (secondary N) is 1. The summed E-state index contributed by atoms with van der Waals surface area (Å²) in [7, 11) is 2.91. The molecule has 4 heterocycles. The summed E-state index contributed by atoms with van der Waals surface area (Å²) < 4.78 is 3.67. The molecule has 0 spiro atoms. The molecule has 1 fully saturated rings. The number of hydrogen-bond donors (Lipinski definition) is 1. The van der Waals surface area contributed by atoms with Crippen molar-refractivity contribution in [3.8, 4) is 0 Å². The number of nitrogens with zero attached hydrogens (tertiary/aromatic N) is 7. The van der Waals surface area contributed by atoms with E-state index in [0.717, 1.165) is 10.3 Å². The van der Waals surface area contributed by atoms with Crippen LogP contribution < -0.4 is 21.5 Å². The summed E-state index contributed by atoms with van der Waals surface area (Å²) in [6.45, 7) is 3.76. The number of carbonyl (C=O) groups excluding carboxylic acids is 2. The molecular formula is C26H28N8O4. The van der Waals surface area contributed by atoms with Crippen molar-refractivity contribution in [3.63, 3.8) is 0 Å². The van der Waals surface area contributed by atoms with E-state index in [1.54, 1.807) is 12.3 Å². The van der Waals surface area contributed by atoms with E-state index in [-0.39, 0.29) is 35.6 Å². The molecular weight excluding hydrogens is 488 g/mol. The number of piperazine rings is 1. The van der Waals surface area contributed by atoms with E-state index in [0.29, 0.717) is 31.0 Å². The summed E-state index contributed by atoms with van der Waals surface area (Å²) in [6, 6.07) is 13.0. The molecule has 2 amide bonds. The second kappa shape index (κ2) is 9.96. The number of fused-ring (bicyclic) bond motifs is 1. The molecule has 0 bridgehead atoms. The minimum absolute atomic E-state index is 0.0269. The first-order valence-corrected chi connectivity index (χ1v) is 12.2. The number of aryl methyl sites for hydroxylation is 1. The van der Waals surface area contributed by atoms with Crippen molar-refractivity contribution < 1.29 is 9.59 Å². The fourth-order valence-electron chi connectivity index (χ4n) is 4.77. The van der Waals surface area contributed by atoms with Crippen molar-refractivity contribution in [2.45, 2.75) is 19.5 Å². The number of anilines is 2. The van der Waals surface area contributed by atoms with E-state index < -0.39 is 11.2 Å². The Morgan fingerprint density at radius 1 is 1.00 bits per heavy atom. The zero-order chi connectivity index (χ0) is 27.0. The Kier molecular flexibility index (Phi) is 6.53. The van der Waals surface area contributed by atoms with Crippen molar-refractivity contribution in [1.29, 1.82) is 0 Å². The van der Waals surface area contributed by atoms with Gasteiger partial charge in [-0.3, -0.25) is 23.5 Å². The van der Waals surface area contributed by atoms with Gasteiger partial charge in [0.05, 0.1) is 18.2 Å². The summed E-state index contributed by atoms with van der Waals surface area (Å²) in [4.78, 5) is 62.8. The zero-order valence-corrected chi connectivity index (χ0v) is 21.4.